The third-order valence-corrected chi connectivity index (χ3v) is 11.3. The molecule has 3 rings (SSSR count). The maximum absolute atomic E-state index is 11.7. The van der Waals surface area contributed by atoms with E-state index < -0.39 is 24.0 Å². The van der Waals surface area contributed by atoms with Crippen molar-refractivity contribution >= 4 is 60.2 Å². The van der Waals surface area contributed by atoms with Gasteiger partial charge in [0.1, 0.15) is 42.2 Å². The third kappa shape index (κ3) is 34.9. The summed E-state index contributed by atoms with van der Waals surface area (Å²) in [5.74, 6) is -0.855. The number of nitrogens with zero attached hydrogens (tertiary/aromatic N) is 2. The van der Waals surface area contributed by atoms with Crippen molar-refractivity contribution in [2.75, 3.05) is 79.2 Å². The lowest BCUT2D eigenvalue weighted by Gasteiger charge is -2.20. The zero-order valence-corrected chi connectivity index (χ0v) is 49.6. The zero-order chi connectivity index (χ0) is 61.7. The Morgan fingerprint density at radius 1 is 0.768 bits per heavy atom. The van der Waals surface area contributed by atoms with Crippen LogP contribution in [0.15, 0.2) is 48.5 Å². The molecule has 3 atom stereocenters. The van der Waals surface area contributed by atoms with E-state index in [0.29, 0.717) is 103 Å². The van der Waals surface area contributed by atoms with Crippen LogP contribution in [0, 0.1) is 16.7 Å². The molecule has 0 spiro atoms. The largest absolute Gasteiger partial charge is 0.481 e. The zero-order valence-electron chi connectivity index (χ0n) is 49.6. The monoisotopic (exact) mass is 1150 g/mol. The number of anilines is 1. The Bertz CT molecular complexity index is 2300. The van der Waals surface area contributed by atoms with Crippen molar-refractivity contribution in [3.05, 3.63) is 82.4 Å². The second-order valence-corrected chi connectivity index (χ2v) is 19.0. The summed E-state index contributed by atoms with van der Waals surface area (Å²) in [5.41, 5.74) is 16.2. The number of nitrogens with one attached hydrogen (secondary N) is 8. The van der Waals surface area contributed by atoms with Crippen LogP contribution in [0.2, 0.25) is 0 Å². The average molecular weight is 1160 g/mol. The highest BCUT2D eigenvalue weighted by Crippen LogP contribution is 2.19. The van der Waals surface area contributed by atoms with Crippen molar-refractivity contribution in [1.82, 2.24) is 36.1 Å². The van der Waals surface area contributed by atoms with Gasteiger partial charge in [0.2, 0.25) is 23.6 Å². The first-order valence-corrected chi connectivity index (χ1v) is 27.6. The first-order valence-electron chi connectivity index (χ1n) is 27.6. The van der Waals surface area contributed by atoms with Crippen LogP contribution in [0.1, 0.15) is 120 Å². The number of benzene rings is 2. The molecule has 2 aromatic carbocycles. The number of nitrogen functional groups attached to an aromatic ring is 1. The molecular weight excluding hydrogens is 1060 g/mol. The van der Waals surface area contributed by atoms with Gasteiger partial charge in [-0.1, -0.05) is 63.6 Å². The number of amidine groups is 1. The molecule has 0 saturated carbocycles. The van der Waals surface area contributed by atoms with Gasteiger partial charge in [0.15, 0.2) is 0 Å². The van der Waals surface area contributed by atoms with E-state index in [0.717, 1.165) is 48.4 Å². The Kier molecular flexibility index (Phi) is 42.4. The van der Waals surface area contributed by atoms with Crippen LogP contribution in [0.5, 0.6) is 0 Å². The Balaban J connectivity index is 0.00000114. The minimum atomic E-state index is -1.03. The van der Waals surface area contributed by atoms with E-state index in [1.165, 1.54) is 5.56 Å². The van der Waals surface area contributed by atoms with Crippen molar-refractivity contribution < 1.29 is 62.4 Å². The molecular formula is C57H94N12O13. The minimum absolute atomic E-state index is 0.00208. The molecule has 13 N–H and O–H groups in total. The molecule has 82 heavy (non-hydrogen) atoms. The number of carboxylic acids is 1. The average Bonchev–Trinajstić information content (AvgIpc) is 4.00. The molecule has 25 nitrogen and oxygen atoms in total. The van der Waals surface area contributed by atoms with Crippen LogP contribution in [0.25, 0.3) is 0 Å². The van der Waals surface area contributed by atoms with Gasteiger partial charge >= 0.3 is 5.97 Å². The maximum Gasteiger partial charge on any atom is 0.303 e. The molecule has 0 fully saturated rings. The topological polar surface area (TPSA) is 376 Å². The number of unbranched alkanes of at least 4 members (excludes halogenated alkanes) is 1. The molecule has 0 radical (unpaired) electrons. The molecule has 25 heteroatoms. The number of imidazole rings is 1. The fraction of sp³-hybridized carbons (Fsp3) is 0.579. The van der Waals surface area contributed by atoms with Crippen molar-refractivity contribution in [1.29, 1.82) is 10.8 Å². The van der Waals surface area contributed by atoms with Crippen LogP contribution in [-0.4, -0.2) is 167 Å². The van der Waals surface area contributed by atoms with Crippen LogP contribution in [-0.2, 0) is 83.4 Å². The maximum atomic E-state index is 11.7. The Morgan fingerprint density at radius 2 is 1.37 bits per heavy atom. The number of aldehydes is 2. The molecule has 1 unspecified atom stereocenters. The van der Waals surface area contributed by atoms with Gasteiger partial charge in [-0.25, -0.2) is 4.98 Å². The highest BCUT2D eigenvalue weighted by molar-refractivity contribution is 6.04. The molecule has 0 saturated heterocycles. The van der Waals surface area contributed by atoms with Crippen LogP contribution < -0.4 is 43.4 Å². The Hall–Kier alpha value is -7.16. The highest BCUT2D eigenvalue weighted by Gasteiger charge is 2.25. The molecule has 460 valence electrons. The lowest BCUT2D eigenvalue weighted by molar-refractivity contribution is -0.137. The summed E-state index contributed by atoms with van der Waals surface area (Å²) in [5, 5.41) is 41.7. The minimum Gasteiger partial charge on any atom is -0.481 e. The fourth-order valence-electron chi connectivity index (χ4n) is 7.19. The predicted octanol–water partition coefficient (Wildman–Crippen LogP) is 3.19. The number of hydrogen-bond donors (Lipinski definition) is 11. The summed E-state index contributed by atoms with van der Waals surface area (Å²) in [6.45, 7) is 17.1. The predicted molar refractivity (Wildman–Crippen MR) is 315 cm³/mol. The normalized spacial score (nSPS) is 11.6. The first kappa shape index (κ1) is 74.8. The number of nitrogens with two attached hydrogens (primary N) is 2. The van der Waals surface area contributed by atoms with Crippen molar-refractivity contribution in [3.63, 3.8) is 0 Å². The summed E-state index contributed by atoms with van der Waals surface area (Å²) in [7, 11) is 5.52. The van der Waals surface area contributed by atoms with Gasteiger partial charge in [-0.3, -0.25) is 34.8 Å². The van der Waals surface area contributed by atoms with Gasteiger partial charge in [-0.05, 0) is 88.9 Å². The van der Waals surface area contributed by atoms with E-state index in [9.17, 15) is 33.6 Å². The molecule has 3 amide bonds. The van der Waals surface area contributed by atoms with Gasteiger partial charge in [-0.2, -0.15) is 0 Å². The lowest BCUT2D eigenvalue weighted by Crippen LogP contribution is -2.48. The Morgan fingerprint density at radius 3 is 1.88 bits per heavy atom. The summed E-state index contributed by atoms with van der Waals surface area (Å²) in [4.78, 5) is 80.9. The number of aromatic nitrogens is 2. The van der Waals surface area contributed by atoms with E-state index in [-0.39, 0.29) is 67.3 Å². The van der Waals surface area contributed by atoms with Gasteiger partial charge in [0.25, 0.3) is 6.47 Å². The molecule has 0 aliphatic carbocycles. The molecule has 3 aromatic rings. The lowest BCUT2D eigenvalue weighted by atomic mass is 10.0. The standard InChI is InChI=1S/C21H32N6O.C18H33N3O8.C9H18N2O2.C9H11NO2/c1-5-6-7-17-26-18(20(22)23)19(21(24)28-14(2)3)27(17)13-16-10-8-15(9-11-16)12-25-4;19-6-8-27-10-12-29-13-11-28-9-7-20-16(23)2-1-3-17(24)21-15(14-22)4-5-18(25)26;1-6(2)8(10-4)9(13)11-7(3)5-12;1-10-9-4-2-8(3-5-9)6-12-7-11/h8-11,14,24-25H,5-7,12-13H2,1-4H3,(H3,22,23);14-15H,1-13,19H2,(H,20,23)(H,21,24)(H,25,26);5-8,10H,1-4H3,(H,11,13);2-5,7,10H,6H2,1H3/t;15-;7-,8?;/m.00./s1. The van der Waals surface area contributed by atoms with Gasteiger partial charge in [0.05, 0.1) is 63.9 Å². The summed E-state index contributed by atoms with van der Waals surface area (Å²) in [6, 6.07) is 14.6. The number of carbonyl (C=O) groups excluding carboxylic acids is 6. The molecule has 0 bridgehead atoms. The number of rotatable bonds is 39. The Labute approximate surface area is 483 Å². The van der Waals surface area contributed by atoms with Crippen LogP contribution in [0.3, 0.4) is 0 Å². The molecule has 0 aliphatic heterocycles. The number of aryl methyl sites for hydroxylation is 1. The van der Waals surface area contributed by atoms with Crippen LogP contribution in [0.4, 0.5) is 5.69 Å². The van der Waals surface area contributed by atoms with Crippen molar-refractivity contribution in [3.8, 4) is 0 Å². The second kappa shape index (κ2) is 46.4. The van der Waals surface area contributed by atoms with E-state index in [2.05, 4.69) is 72.8 Å². The van der Waals surface area contributed by atoms with Crippen molar-refractivity contribution in [2.45, 2.75) is 137 Å². The molecule has 0 aliphatic rings. The van der Waals surface area contributed by atoms with Crippen LogP contribution >= 0.6 is 0 Å². The smallest absolute Gasteiger partial charge is 0.303 e. The van der Waals surface area contributed by atoms with Gasteiger partial charge in [0, 0.05) is 64.6 Å². The third-order valence-electron chi connectivity index (χ3n) is 11.3. The highest BCUT2D eigenvalue weighted by atomic mass is 16.5. The van der Waals surface area contributed by atoms with E-state index in [4.69, 9.17) is 46.3 Å². The number of amides is 3. The SMILES string of the molecule is CCCCc1nc(C(=N)N)c(C(=N)OC(C)C)n1Cc1ccc(CNC)cc1.CNC(C(=O)N[C@@H](C)C=O)C(C)C.CNc1ccc(COC=O)cc1.NCCOCCOCCOCCNC(=O)CCCC(=O)N[C@H](C=O)CCC(=O)O. The van der Waals surface area contributed by atoms with E-state index in [1.807, 2.05) is 70.6 Å². The van der Waals surface area contributed by atoms with Gasteiger partial charge < -0.3 is 86.3 Å². The van der Waals surface area contributed by atoms with E-state index in [1.54, 1.807) is 14.0 Å². The number of hydrogen-bond acceptors (Lipinski definition) is 19. The van der Waals surface area contributed by atoms with E-state index >= 15 is 0 Å². The quantitative estimate of drug-likeness (QED) is 0.0169. The van der Waals surface area contributed by atoms with Crippen molar-refractivity contribution in [2.24, 2.45) is 17.4 Å². The summed E-state index contributed by atoms with van der Waals surface area (Å²) >= 11 is 0. The van der Waals surface area contributed by atoms with Gasteiger partial charge in [-0.15, -0.1) is 0 Å². The fourth-order valence-corrected chi connectivity index (χ4v) is 7.19. The molecule has 1 heterocycles. The number of carboxylic acid groups (broad SMARTS) is 1. The summed E-state index contributed by atoms with van der Waals surface area (Å²) in [6.07, 6.45) is 4.26. The second-order valence-electron chi connectivity index (χ2n) is 19.0. The number of likely N-dealkylation sites (N-methyl/N-ethyl adjacent to an activating group) is 1. The number of ether oxygens (including phenoxy) is 5. The summed E-state index contributed by atoms with van der Waals surface area (Å²) < 4.78 is 27.9. The number of aliphatic carboxylic acids is 1. The number of carbonyl (C=O) groups is 7. The first-order chi connectivity index (χ1) is 39.2. The molecule has 1 aromatic heterocycles.